The average Bonchev–Trinajstić information content (AvgIpc) is 3.74. The van der Waals surface area contributed by atoms with Gasteiger partial charge in [-0.15, -0.1) is 0 Å². The van der Waals surface area contributed by atoms with Crippen molar-refractivity contribution in [1.82, 2.24) is 0 Å². The number of anilines is 2. The number of hydrogen-bond donors (Lipinski definition) is 0. The first kappa shape index (κ1) is 28.2. The number of furan rings is 1. The van der Waals surface area contributed by atoms with Crippen molar-refractivity contribution in [3.63, 3.8) is 0 Å². The Labute approximate surface area is 295 Å². The van der Waals surface area contributed by atoms with Gasteiger partial charge in [-0.1, -0.05) is 128 Å². The van der Waals surface area contributed by atoms with Crippen LogP contribution in [0.3, 0.4) is 0 Å². The molecule has 11 rings (SSSR count). The van der Waals surface area contributed by atoms with Crippen LogP contribution in [-0.4, -0.2) is 6.54 Å². The lowest BCUT2D eigenvalue weighted by molar-refractivity contribution is 0.669. The van der Waals surface area contributed by atoms with Crippen LogP contribution in [0.5, 0.6) is 0 Å². The van der Waals surface area contributed by atoms with Crippen molar-refractivity contribution in [3.8, 4) is 33.4 Å². The molecule has 9 aromatic rings. The summed E-state index contributed by atoms with van der Waals surface area (Å²) in [6.07, 6.45) is 8.56. The molecule has 1 aliphatic carbocycles. The fourth-order valence-corrected chi connectivity index (χ4v) is 8.65. The molecule has 1 aliphatic heterocycles. The van der Waals surface area contributed by atoms with Gasteiger partial charge in [0.25, 0.3) is 0 Å². The van der Waals surface area contributed by atoms with Crippen molar-refractivity contribution in [2.24, 2.45) is 0 Å². The summed E-state index contributed by atoms with van der Waals surface area (Å²) in [5.74, 6) is 0. The second kappa shape index (κ2) is 10.7. The molecule has 2 heteroatoms. The van der Waals surface area contributed by atoms with E-state index >= 15 is 0 Å². The summed E-state index contributed by atoms with van der Waals surface area (Å²) < 4.78 is 6.25. The zero-order valence-corrected chi connectivity index (χ0v) is 27.9. The Kier molecular flexibility index (Phi) is 5.91. The van der Waals surface area contributed by atoms with Crippen LogP contribution in [0, 0.1) is 0 Å². The van der Waals surface area contributed by atoms with Crippen molar-refractivity contribution >= 4 is 71.2 Å². The highest BCUT2D eigenvalue weighted by atomic mass is 16.3. The lowest BCUT2D eigenvalue weighted by atomic mass is 9.92. The van der Waals surface area contributed by atoms with Crippen LogP contribution in [0.2, 0.25) is 0 Å². The summed E-state index contributed by atoms with van der Waals surface area (Å²) in [5.41, 5.74) is 14.0. The molecule has 0 spiro atoms. The molecule has 0 amide bonds. The van der Waals surface area contributed by atoms with Crippen molar-refractivity contribution in [1.29, 1.82) is 0 Å². The quantitative estimate of drug-likeness (QED) is 0.185. The molecule has 0 N–H and O–H groups in total. The largest absolute Gasteiger partial charge is 0.456 e. The number of rotatable bonds is 2. The van der Waals surface area contributed by atoms with E-state index < -0.39 is 0 Å². The standard InChI is InChI=1S/C49H31NO/c1-30-10-3-2-8-27-50(44-25-23-42-41(47(30)44)24-26-46-49(42)43-13-6-7-16-45(43)51-46)34-20-19-31-28-33(18-17-32(31)29-34)35-21-22-40-37-12-5-4-11-36(37)39-15-9-14-38(35)48(39)40/h2-26,28-29H,1,27H2/b8-2-,10-3-. The van der Waals surface area contributed by atoms with Crippen LogP contribution >= 0.6 is 0 Å². The minimum absolute atomic E-state index is 0.736. The van der Waals surface area contributed by atoms with Gasteiger partial charge in [0.05, 0.1) is 0 Å². The molecule has 2 heterocycles. The molecule has 0 fully saturated rings. The summed E-state index contributed by atoms with van der Waals surface area (Å²) in [6.45, 7) is 5.31. The summed E-state index contributed by atoms with van der Waals surface area (Å²) in [7, 11) is 0. The number of hydrogen-bond acceptors (Lipinski definition) is 2. The molecule has 0 saturated heterocycles. The average molecular weight is 650 g/mol. The van der Waals surface area contributed by atoms with Crippen LogP contribution in [0.25, 0.3) is 93.2 Å². The van der Waals surface area contributed by atoms with E-state index in [4.69, 9.17) is 4.42 Å². The molecule has 0 atom stereocenters. The molecule has 0 bridgehead atoms. The van der Waals surface area contributed by atoms with Gasteiger partial charge < -0.3 is 9.32 Å². The monoisotopic (exact) mass is 649 g/mol. The van der Waals surface area contributed by atoms with E-state index in [1.807, 2.05) is 12.1 Å². The molecule has 2 aliphatic rings. The molecule has 0 unspecified atom stereocenters. The maximum absolute atomic E-state index is 6.25. The van der Waals surface area contributed by atoms with Crippen LogP contribution in [0.15, 0.2) is 175 Å². The fraction of sp³-hybridized carbons (Fsp3) is 0.0204. The summed E-state index contributed by atoms with van der Waals surface area (Å²) in [6, 6.07) is 51.0. The van der Waals surface area contributed by atoms with Gasteiger partial charge >= 0.3 is 0 Å². The van der Waals surface area contributed by atoms with Gasteiger partial charge in [0, 0.05) is 34.3 Å². The Morgan fingerprint density at radius 1 is 0.510 bits per heavy atom. The second-order valence-electron chi connectivity index (χ2n) is 13.7. The smallest absolute Gasteiger partial charge is 0.136 e. The fourth-order valence-electron chi connectivity index (χ4n) is 8.65. The first-order valence-corrected chi connectivity index (χ1v) is 17.6. The van der Waals surface area contributed by atoms with E-state index in [1.165, 1.54) is 65.7 Å². The Balaban J connectivity index is 1.04. The van der Waals surface area contributed by atoms with Crippen LogP contribution in [-0.2, 0) is 0 Å². The maximum atomic E-state index is 6.25. The van der Waals surface area contributed by atoms with Gasteiger partial charge in [0.15, 0.2) is 0 Å². The lowest BCUT2D eigenvalue weighted by Gasteiger charge is -2.27. The van der Waals surface area contributed by atoms with E-state index in [1.54, 1.807) is 0 Å². The van der Waals surface area contributed by atoms with Gasteiger partial charge in [-0.05, 0) is 114 Å². The van der Waals surface area contributed by atoms with E-state index in [0.717, 1.165) is 51.0 Å². The molecular weight excluding hydrogens is 619 g/mol. The predicted octanol–water partition coefficient (Wildman–Crippen LogP) is 13.6. The van der Waals surface area contributed by atoms with Crippen LogP contribution in [0.4, 0.5) is 11.4 Å². The van der Waals surface area contributed by atoms with E-state index in [2.05, 4.69) is 163 Å². The maximum Gasteiger partial charge on any atom is 0.136 e. The van der Waals surface area contributed by atoms with Gasteiger partial charge in [-0.25, -0.2) is 0 Å². The molecule has 1 aromatic heterocycles. The minimum atomic E-state index is 0.736. The molecule has 51 heavy (non-hydrogen) atoms. The summed E-state index contributed by atoms with van der Waals surface area (Å²) in [4.78, 5) is 2.41. The summed E-state index contributed by atoms with van der Waals surface area (Å²) in [5, 5.41) is 9.74. The molecule has 0 radical (unpaired) electrons. The Bertz CT molecular complexity index is 3000. The van der Waals surface area contributed by atoms with Crippen LogP contribution in [0.1, 0.15) is 5.56 Å². The highest BCUT2D eigenvalue weighted by Crippen LogP contribution is 2.49. The molecule has 2 nitrogen and oxygen atoms in total. The highest BCUT2D eigenvalue weighted by molar-refractivity contribution is 6.22. The highest BCUT2D eigenvalue weighted by Gasteiger charge is 2.23. The topological polar surface area (TPSA) is 16.4 Å². The van der Waals surface area contributed by atoms with Crippen molar-refractivity contribution in [2.75, 3.05) is 11.4 Å². The predicted molar refractivity (Wildman–Crippen MR) is 217 cm³/mol. The van der Waals surface area contributed by atoms with Gasteiger partial charge in [0.2, 0.25) is 0 Å². The van der Waals surface area contributed by atoms with Gasteiger partial charge in [-0.2, -0.15) is 0 Å². The zero-order valence-electron chi connectivity index (χ0n) is 27.9. The number of para-hydroxylation sites is 1. The van der Waals surface area contributed by atoms with E-state index in [0.29, 0.717) is 0 Å². The number of allylic oxidation sites excluding steroid dienone is 4. The van der Waals surface area contributed by atoms with Crippen LogP contribution < -0.4 is 4.90 Å². The SMILES string of the molecule is C=C1/C=C\C=C/CN(c2ccc3cc(-c4ccc5c6c(cccc46)-c4ccccc4-5)ccc3c2)c2ccc3c(ccc4oc5ccccc5c43)c21. The van der Waals surface area contributed by atoms with Crippen molar-refractivity contribution < 1.29 is 4.42 Å². The lowest BCUT2D eigenvalue weighted by Crippen LogP contribution is -2.18. The molecular formula is C49H31NO. The Morgan fingerprint density at radius 2 is 1.25 bits per heavy atom. The third-order valence-electron chi connectivity index (χ3n) is 11.0. The van der Waals surface area contributed by atoms with Crippen molar-refractivity contribution in [3.05, 3.63) is 176 Å². The molecule has 0 saturated carbocycles. The second-order valence-corrected chi connectivity index (χ2v) is 13.7. The minimum Gasteiger partial charge on any atom is -0.456 e. The normalized spacial score (nSPS) is 14.9. The number of benzene rings is 8. The first-order valence-electron chi connectivity index (χ1n) is 17.6. The van der Waals surface area contributed by atoms with E-state index in [9.17, 15) is 0 Å². The molecule has 8 aromatic carbocycles. The Morgan fingerprint density at radius 3 is 2.18 bits per heavy atom. The van der Waals surface area contributed by atoms with E-state index in [-0.39, 0.29) is 0 Å². The molecule has 238 valence electrons. The van der Waals surface area contributed by atoms with Gasteiger partial charge in [-0.3, -0.25) is 0 Å². The number of fused-ring (bicyclic) bond motifs is 11. The van der Waals surface area contributed by atoms with Gasteiger partial charge in [0.1, 0.15) is 11.2 Å². The first-order chi connectivity index (χ1) is 25.2. The van der Waals surface area contributed by atoms with Crippen molar-refractivity contribution in [2.45, 2.75) is 0 Å². The third-order valence-corrected chi connectivity index (χ3v) is 11.0. The third kappa shape index (κ3) is 4.11. The Hall–Kier alpha value is -6.64. The number of nitrogens with zero attached hydrogens (tertiary/aromatic N) is 1. The zero-order chi connectivity index (χ0) is 33.6. The summed E-state index contributed by atoms with van der Waals surface area (Å²) >= 11 is 0.